The van der Waals surface area contributed by atoms with Crippen molar-refractivity contribution in [3.63, 3.8) is 0 Å². The molecule has 0 aliphatic rings. The van der Waals surface area contributed by atoms with Crippen LogP contribution in [0.15, 0.2) is 22.7 Å². The van der Waals surface area contributed by atoms with E-state index in [9.17, 15) is 4.79 Å². The van der Waals surface area contributed by atoms with E-state index in [0.29, 0.717) is 21.6 Å². The zero-order chi connectivity index (χ0) is 13.1. The van der Waals surface area contributed by atoms with Gasteiger partial charge in [0, 0.05) is 0 Å². The number of anilines is 1. The maximum atomic E-state index is 12.0. The lowest BCUT2D eigenvalue weighted by molar-refractivity contribution is -0.122. The van der Waals surface area contributed by atoms with E-state index in [1.807, 2.05) is 6.07 Å². The predicted octanol–water partition coefficient (Wildman–Crippen LogP) is 3.98. The molecule has 1 amide bonds. The van der Waals surface area contributed by atoms with Crippen molar-refractivity contribution in [2.45, 2.75) is 20.3 Å². The molecule has 0 aromatic heterocycles. The highest BCUT2D eigenvalue weighted by Crippen LogP contribution is 2.31. The molecule has 0 saturated heterocycles. The molecule has 0 spiro atoms. The van der Waals surface area contributed by atoms with E-state index in [0.717, 1.165) is 0 Å². The Hall–Kier alpha value is -1.05. The SMILES string of the molecule is CCC(C)(C#N)C(=O)Nc1cccc(Cl)c1Br. The van der Waals surface area contributed by atoms with Crippen LogP contribution in [-0.4, -0.2) is 5.91 Å². The first-order chi connectivity index (χ1) is 7.94. The summed E-state index contributed by atoms with van der Waals surface area (Å²) in [7, 11) is 0. The van der Waals surface area contributed by atoms with Gasteiger partial charge in [-0.05, 0) is 41.4 Å². The van der Waals surface area contributed by atoms with Crippen LogP contribution in [0.2, 0.25) is 5.02 Å². The van der Waals surface area contributed by atoms with Crippen LogP contribution in [0.3, 0.4) is 0 Å². The molecule has 0 heterocycles. The summed E-state index contributed by atoms with van der Waals surface area (Å²) in [5.41, 5.74) is -0.459. The fraction of sp³-hybridized carbons (Fsp3) is 0.333. The number of benzene rings is 1. The van der Waals surface area contributed by atoms with Crippen LogP contribution < -0.4 is 5.32 Å². The largest absolute Gasteiger partial charge is 0.324 e. The first kappa shape index (κ1) is 14.0. The summed E-state index contributed by atoms with van der Waals surface area (Å²) >= 11 is 9.21. The van der Waals surface area contributed by atoms with E-state index in [2.05, 4.69) is 21.2 Å². The highest BCUT2D eigenvalue weighted by Gasteiger charge is 2.31. The van der Waals surface area contributed by atoms with Crippen molar-refractivity contribution in [1.82, 2.24) is 0 Å². The normalized spacial score (nSPS) is 13.6. The number of nitrogens with one attached hydrogen (secondary N) is 1. The van der Waals surface area contributed by atoms with Crippen molar-refractivity contribution in [1.29, 1.82) is 5.26 Å². The number of amides is 1. The molecule has 0 aliphatic heterocycles. The third kappa shape index (κ3) is 2.99. The monoisotopic (exact) mass is 314 g/mol. The van der Waals surface area contributed by atoms with Crippen molar-refractivity contribution >= 4 is 39.1 Å². The van der Waals surface area contributed by atoms with E-state index in [1.54, 1.807) is 32.0 Å². The van der Waals surface area contributed by atoms with Gasteiger partial charge in [0.25, 0.3) is 0 Å². The predicted molar refractivity (Wildman–Crippen MR) is 71.8 cm³/mol. The van der Waals surface area contributed by atoms with Gasteiger partial charge in [-0.15, -0.1) is 0 Å². The maximum absolute atomic E-state index is 12.0. The third-order valence-electron chi connectivity index (χ3n) is 2.65. The highest BCUT2D eigenvalue weighted by molar-refractivity contribution is 9.10. The van der Waals surface area contributed by atoms with Crippen LogP contribution in [0.25, 0.3) is 0 Å². The molecule has 17 heavy (non-hydrogen) atoms. The minimum absolute atomic E-state index is 0.328. The fourth-order valence-electron chi connectivity index (χ4n) is 1.15. The first-order valence-corrected chi connectivity index (χ1v) is 6.28. The lowest BCUT2D eigenvalue weighted by Gasteiger charge is -2.19. The molecule has 3 nitrogen and oxygen atoms in total. The van der Waals surface area contributed by atoms with E-state index < -0.39 is 5.41 Å². The quantitative estimate of drug-likeness (QED) is 0.917. The number of hydrogen-bond acceptors (Lipinski definition) is 2. The van der Waals surface area contributed by atoms with Crippen LogP contribution >= 0.6 is 27.5 Å². The highest BCUT2D eigenvalue weighted by atomic mass is 79.9. The zero-order valence-electron chi connectivity index (χ0n) is 9.55. The molecule has 0 saturated carbocycles. The Morgan fingerprint density at radius 1 is 1.65 bits per heavy atom. The lowest BCUT2D eigenvalue weighted by Crippen LogP contribution is -2.31. The lowest BCUT2D eigenvalue weighted by atomic mass is 9.88. The van der Waals surface area contributed by atoms with Gasteiger partial charge in [-0.25, -0.2) is 0 Å². The van der Waals surface area contributed by atoms with E-state index in [4.69, 9.17) is 16.9 Å². The summed E-state index contributed by atoms with van der Waals surface area (Å²) in [6.07, 6.45) is 0.452. The summed E-state index contributed by atoms with van der Waals surface area (Å²) in [5.74, 6) is -0.328. The summed E-state index contributed by atoms with van der Waals surface area (Å²) in [6, 6.07) is 7.19. The molecule has 1 atom stereocenters. The van der Waals surface area contributed by atoms with E-state index in [-0.39, 0.29) is 5.91 Å². The van der Waals surface area contributed by atoms with Crippen LogP contribution in [-0.2, 0) is 4.79 Å². The molecule has 1 unspecified atom stereocenters. The Labute approximate surface area is 114 Å². The van der Waals surface area contributed by atoms with Crippen molar-refractivity contribution in [2.24, 2.45) is 5.41 Å². The molecule has 1 aromatic rings. The third-order valence-corrected chi connectivity index (χ3v) is 4.05. The molecular weight excluding hydrogens is 304 g/mol. The second-order valence-corrected chi connectivity index (χ2v) is 5.05. The van der Waals surface area contributed by atoms with Crippen LogP contribution in [0.1, 0.15) is 20.3 Å². The van der Waals surface area contributed by atoms with Crippen LogP contribution in [0.4, 0.5) is 5.69 Å². The molecule has 5 heteroatoms. The fourth-order valence-corrected chi connectivity index (χ4v) is 1.69. The summed E-state index contributed by atoms with van der Waals surface area (Å²) in [4.78, 5) is 12.0. The summed E-state index contributed by atoms with van der Waals surface area (Å²) in [6.45, 7) is 3.41. The van der Waals surface area contributed by atoms with Gasteiger partial charge in [0.15, 0.2) is 0 Å². The zero-order valence-corrected chi connectivity index (χ0v) is 11.9. The second kappa shape index (κ2) is 5.52. The van der Waals surface area contributed by atoms with Gasteiger partial charge in [-0.2, -0.15) is 5.26 Å². The number of nitriles is 1. The molecule has 0 bridgehead atoms. The smallest absolute Gasteiger partial charge is 0.244 e. The summed E-state index contributed by atoms with van der Waals surface area (Å²) < 4.78 is 0.617. The summed E-state index contributed by atoms with van der Waals surface area (Å²) in [5, 5.41) is 12.2. The number of nitrogens with zero attached hydrogens (tertiary/aromatic N) is 1. The van der Waals surface area contributed by atoms with Gasteiger partial charge in [-0.3, -0.25) is 4.79 Å². The molecule has 0 fully saturated rings. The number of rotatable bonds is 3. The molecule has 90 valence electrons. The Morgan fingerprint density at radius 2 is 2.29 bits per heavy atom. The molecule has 0 radical (unpaired) electrons. The Balaban J connectivity index is 2.97. The van der Waals surface area contributed by atoms with Crippen molar-refractivity contribution in [3.8, 4) is 6.07 Å². The Kier molecular flexibility index (Phi) is 4.55. The Bertz CT molecular complexity index is 484. The standard InChI is InChI=1S/C12H12BrClN2O/c1-3-12(2,7-15)11(17)16-9-6-4-5-8(14)10(9)13/h4-6H,3H2,1-2H3,(H,16,17). The van der Waals surface area contributed by atoms with Gasteiger partial charge in [0.1, 0.15) is 5.41 Å². The molecular formula is C12H12BrClN2O. The van der Waals surface area contributed by atoms with E-state index in [1.165, 1.54) is 0 Å². The second-order valence-electron chi connectivity index (χ2n) is 3.85. The van der Waals surface area contributed by atoms with Gasteiger partial charge in [-0.1, -0.05) is 24.6 Å². The molecule has 0 aliphatic carbocycles. The van der Waals surface area contributed by atoms with Crippen molar-refractivity contribution in [3.05, 3.63) is 27.7 Å². The van der Waals surface area contributed by atoms with Crippen molar-refractivity contribution < 1.29 is 4.79 Å². The molecule has 1 rings (SSSR count). The average molecular weight is 316 g/mol. The Morgan fingerprint density at radius 3 is 2.82 bits per heavy atom. The minimum Gasteiger partial charge on any atom is -0.324 e. The maximum Gasteiger partial charge on any atom is 0.244 e. The van der Waals surface area contributed by atoms with E-state index >= 15 is 0 Å². The topological polar surface area (TPSA) is 52.9 Å². The average Bonchev–Trinajstić information content (AvgIpc) is 2.33. The van der Waals surface area contributed by atoms with Gasteiger partial charge in [0.2, 0.25) is 5.91 Å². The van der Waals surface area contributed by atoms with Crippen LogP contribution in [0.5, 0.6) is 0 Å². The van der Waals surface area contributed by atoms with Gasteiger partial charge in [0.05, 0.1) is 21.3 Å². The van der Waals surface area contributed by atoms with Crippen LogP contribution in [0, 0.1) is 16.7 Å². The van der Waals surface area contributed by atoms with Gasteiger partial charge < -0.3 is 5.32 Å². The molecule has 1 aromatic carbocycles. The number of hydrogen-bond donors (Lipinski definition) is 1. The first-order valence-electron chi connectivity index (χ1n) is 5.11. The van der Waals surface area contributed by atoms with Gasteiger partial charge >= 0.3 is 0 Å². The van der Waals surface area contributed by atoms with Crippen molar-refractivity contribution in [2.75, 3.05) is 5.32 Å². The number of carbonyl (C=O) groups is 1. The molecule has 1 N–H and O–H groups in total. The number of halogens is 2. The number of carbonyl (C=O) groups excluding carboxylic acids is 1. The minimum atomic E-state index is -1.03.